The van der Waals surface area contributed by atoms with Crippen molar-refractivity contribution in [3.8, 4) is 0 Å². The molecule has 23 heavy (non-hydrogen) atoms. The topological polar surface area (TPSA) is 51.2 Å². The Morgan fingerprint density at radius 3 is 2.17 bits per heavy atom. The zero-order valence-corrected chi connectivity index (χ0v) is 14.6. The highest BCUT2D eigenvalue weighted by atomic mass is 16.7. The van der Waals surface area contributed by atoms with Gasteiger partial charge in [-0.25, -0.2) is 4.79 Å². The van der Waals surface area contributed by atoms with Crippen molar-refractivity contribution in [2.45, 2.75) is 45.3 Å². The summed E-state index contributed by atoms with van der Waals surface area (Å²) < 4.78 is 17.5. The zero-order chi connectivity index (χ0) is 16.7. The minimum Gasteiger partial charge on any atom is -0.400 e. The summed E-state index contributed by atoms with van der Waals surface area (Å²) in [4.78, 5) is 16.3. The molecule has 3 heterocycles. The second-order valence-electron chi connectivity index (χ2n) is 7.45. The molecule has 3 aliphatic rings. The Balaban J connectivity index is 1.59. The molecule has 7 heteroatoms. The Kier molecular flexibility index (Phi) is 4.46. The van der Waals surface area contributed by atoms with Crippen LogP contribution < -0.4 is 0 Å². The number of rotatable bonds is 1. The van der Waals surface area contributed by atoms with Crippen LogP contribution in [0.25, 0.3) is 0 Å². The maximum absolute atomic E-state index is 12.5. The van der Waals surface area contributed by atoms with Crippen LogP contribution in [-0.4, -0.2) is 73.5 Å². The molecule has 0 aromatic heterocycles. The predicted molar refractivity (Wildman–Crippen MR) is 88.1 cm³/mol. The largest absolute Gasteiger partial charge is 0.490 e. The molecule has 2 amide bonds. The minimum atomic E-state index is -0.320. The number of hydrogen-bond acceptors (Lipinski definition) is 4. The number of nitrogens with zero attached hydrogens (tertiary/aromatic N) is 2. The van der Waals surface area contributed by atoms with Gasteiger partial charge in [-0.1, -0.05) is 6.08 Å². The molecule has 0 saturated carbocycles. The van der Waals surface area contributed by atoms with E-state index in [4.69, 9.17) is 14.0 Å². The molecule has 0 aliphatic carbocycles. The average Bonchev–Trinajstić information content (AvgIpc) is 2.76. The summed E-state index contributed by atoms with van der Waals surface area (Å²) in [6, 6.07) is 0.109. The fourth-order valence-corrected chi connectivity index (χ4v) is 3.02. The van der Waals surface area contributed by atoms with E-state index in [0.29, 0.717) is 39.4 Å². The molecule has 0 aromatic carbocycles. The van der Waals surface area contributed by atoms with Crippen LogP contribution in [0.1, 0.15) is 34.1 Å². The van der Waals surface area contributed by atoms with Crippen LogP contribution in [0.4, 0.5) is 4.79 Å². The van der Waals surface area contributed by atoms with Crippen molar-refractivity contribution in [3.05, 3.63) is 11.5 Å². The van der Waals surface area contributed by atoms with Crippen LogP contribution in [0.5, 0.6) is 0 Å². The summed E-state index contributed by atoms with van der Waals surface area (Å²) >= 11 is 0. The maximum atomic E-state index is 12.5. The summed E-state index contributed by atoms with van der Waals surface area (Å²) in [5.41, 5.74) is 0.507. The van der Waals surface area contributed by atoms with Gasteiger partial charge in [-0.2, -0.15) is 0 Å². The highest BCUT2D eigenvalue weighted by Gasteiger charge is 2.52. The summed E-state index contributed by atoms with van der Waals surface area (Å²) in [5, 5.41) is 0. The highest BCUT2D eigenvalue weighted by molar-refractivity contribution is 6.54. The summed E-state index contributed by atoms with van der Waals surface area (Å²) in [6.45, 7) is 12.2. The smallest absolute Gasteiger partial charge is 0.400 e. The fourth-order valence-electron chi connectivity index (χ4n) is 3.02. The minimum absolute atomic E-state index is 0.109. The van der Waals surface area contributed by atoms with E-state index < -0.39 is 0 Å². The van der Waals surface area contributed by atoms with Crippen molar-refractivity contribution in [1.29, 1.82) is 0 Å². The Bertz CT molecular complexity index is 484. The van der Waals surface area contributed by atoms with Crippen molar-refractivity contribution in [3.63, 3.8) is 0 Å². The van der Waals surface area contributed by atoms with Crippen LogP contribution in [-0.2, 0) is 14.0 Å². The van der Waals surface area contributed by atoms with Gasteiger partial charge in [0.1, 0.15) is 0 Å². The Hall–Kier alpha value is -1.05. The predicted octanol–water partition coefficient (Wildman–Crippen LogP) is 1.70. The van der Waals surface area contributed by atoms with Crippen LogP contribution in [0.3, 0.4) is 0 Å². The SMILES string of the molecule is CC1(C)OB(C2=CCN(C(=O)N3CCOCC3)CC2)OC1(C)C. The Morgan fingerprint density at radius 1 is 1.04 bits per heavy atom. The van der Waals surface area contributed by atoms with Gasteiger partial charge in [0.05, 0.1) is 24.4 Å². The third-order valence-electron chi connectivity index (χ3n) is 5.35. The monoisotopic (exact) mass is 322 g/mol. The van der Waals surface area contributed by atoms with Crippen LogP contribution >= 0.6 is 0 Å². The van der Waals surface area contributed by atoms with E-state index in [1.807, 2.05) is 9.80 Å². The van der Waals surface area contributed by atoms with E-state index in [-0.39, 0.29) is 24.4 Å². The van der Waals surface area contributed by atoms with Crippen molar-refractivity contribution < 1.29 is 18.8 Å². The third-order valence-corrected chi connectivity index (χ3v) is 5.35. The highest BCUT2D eigenvalue weighted by Crippen LogP contribution is 2.39. The van der Waals surface area contributed by atoms with E-state index in [2.05, 4.69) is 33.8 Å². The van der Waals surface area contributed by atoms with Crippen molar-refractivity contribution in [2.24, 2.45) is 0 Å². The molecule has 0 N–H and O–H groups in total. The second-order valence-corrected chi connectivity index (χ2v) is 7.45. The first kappa shape index (κ1) is 16.8. The first-order valence-electron chi connectivity index (χ1n) is 8.46. The first-order valence-corrected chi connectivity index (χ1v) is 8.46. The summed E-state index contributed by atoms with van der Waals surface area (Å²) in [7, 11) is -0.291. The lowest BCUT2D eigenvalue weighted by atomic mass is 9.75. The maximum Gasteiger partial charge on any atom is 0.490 e. The molecule has 0 radical (unpaired) electrons. The molecule has 2 fully saturated rings. The number of amides is 2. The molecule has 0 bridgehead atoms. The zero-order valence-electron chi connectivity index (χ0n) is 14.6. The molecule has 0 spiro atoms. The van der Waals surface area contributed by atoms with E-state index in [9.17, 15) is 4.79 Å². The number of carbonyl (C=O) groups is 1. The van der Waals surface area contributed by atoms with Gasteiger partial charge in [-0.3, -0.25) is 0 Å². The Labute approximate surface area is 138 Å². The van der Waals surface area contributed by atoms with Crippen LogP contribution in [0.2, 0.25) is 0 Å². The van der Waals surface area contributed by atoms with E-state index in [0.717, 1.165) is 11.9 Å². The molecule has 128 valence electrons. The molecule has 6 nitrogen and oxygen atoms in total. The number of urea groups is 1. The van der Waals surface area contributed by atoms with Gasteiger partial charge in [0, 0.05) is 26.2 Å². The van der Waals surface area contributed by atoms with E-state index in [1.165, 1.54) is 0 Å². The first-order chi connectivity index (χ1) is 10.8. The van der Waals surface area contributed by atoms with Crippen LogP contribution in [0, 0.1) is 0 Å². The third kappa shape index (κ3) is 3.27. The molecule has 3 aliphatic heterocycles. The van der Waals surface area contributed by atoms with E-state index in [1.54, 1.807) is 0 Å². The average molecular weight is 322 g/mol. The van der Waals surface area contributed by atoms with E-state index >= 15 is 0 Å². The van der Waals surface area contributed by atoms with Crippen molar-refractivity contribution in [2.75, 3.05) is 39.4 Å². The normalized spacial score (nSPS) is 27.1. The van der Waals surface area contributed by atoms with Gasteiger partial charge >= 0.3 is 13.1 Å². The fraction of sp³-hybridized carbons (Fsp3) is 0.812. The molecule has 3 rings (SSSR count). The van der Waals surface area contributed by atoms with Gasteiger partial charge in [0.2, 0.25) is 0 Å². The molecule has 0 unspecified atom stereocenters. The lowest BCUT2D eigenvalue weighted by Gasteiger charge is -2.34. The number of carbonyl (C=O) groups excluding carboxylic acids is 1. The lowest BCUT2D eigenvalue weighted by Crippen LogP contribution is -2.49. The standard InChI is InChI=1S/C16H27BN2O4/c1-15(2)16(3,4)23-17(22-15)13-5-7-18(8-6-13)14(20)19-9-11-21-12-10-19/h5H,6-12H2,1-4H3. The van der Waals surface area contributed by atoms with Crippen LogP contribution in [0.15, 0.2) is 11.5 Å². The van der Waals surface area contributed by atoms with Crippen molar-refractivity contribution >= 4 is 13.1 Å². The van der Waals surface area contributed by atoms with Gasteiger partial charge < -0.3 is 23.8 Å². The van der Waals surface area contributed by atoms with Gasteiger partial charge in [0.15, 0.2) is 0 Å². The summed E-state index contributed by atoms with van der Waals surface area (Å²) in [6.07, 6.45) is 2.89. The summed E-state index contributed by atoms with van der Waals surface area (Å²) in [5.74, 6) is 0. The molecular formula is C16H27BN2O4. The number of morpholine rings is 1. The van der Waals surface area contributed by atoms with Gasteiger partial charge in [0.25, 0.3) is 0 Å². The van der Waals surface area contributed by atoms with Gasteiger partial charge in [-0.05, 0) is 39.6 Å². The second kappa shape index (κ2) is 6.11. The molecule has 0 atom stereocenters. The number of hydrogen-bond donors (Lipinski definition) is 0. The Morgan fingerprint density at radius 2 is 1.65 bits per heavy atom. The quantitative estimate of drug-likeness (QED) is 0.690. The molecule has 0 aromatic rings. The van der Waals surface area contributed by atoms with Gasteiger partial charge in [-0.15, -0.1) is 0 Å². The lowest BCUT2D eigenvalue weighted by molar-refractivity contribution is 0.00578. The number of ether oxygens (including phenoxy) is 1. The van der Waals surface area contributed by atoms with Crippen molar-refractivity contribution in [1.82, 2.24) is 9.80 Å². The molecular weight excluding hydrogens is 295 g/mol. The molecule has 2 saturated heterocycles.